The first-order valence-electron chi connectivity index (χ1n) is 5.91. The Bertz CT molecular complexity index is 477. The third-order valence-corrected chi connectivity index (χ3v) is 2.63. The van der Waals surface area contributed by atoms with E-state index in [4.69, 9.17) is 5.73 Å². The van der Waals surface area contributed by atoms with Crippen LogP contribution in [0.25, 0.3) is 0 Å². The molecule has 1 unspecified atom stereocenters. The molecule has 0 aliphatic heterocycles. The number of methoxy groups -OCH3 is 1. The zero-order chi connectivity index (χ0) is 14.4. The number of anilines is 1. The third-order valence-electron chi connectivity index (χ3n) is 2.63. The quantitative estimate of drug-likeness (QED) is 0.796. The Morgan fingerprint density at radius 1 is 1.47 bits per heavy atom. The highest BCUT2D eigenvalue weighted by atomic mass is 19.1. The lowest BCUT2D eigenvalue weighted by Gasteiger charge is -2.12. The Labute approximate surface area is 110 Å². The Morgan fingerprint density at radius 2 is 2.16 bits per heavy atom. The van der Waals surface area contributed by atoms with Crippen LogP contribution in [0.15, 0.2) is 18.2 Å². The standard InChI is InChI=1S/C13H17FN2O3/c1-3-9(15)7-12(17)16-11-6-8(14)4-5-10(11)13(18)19-2/h4-6,9H,3,7,15H2,1-2H3,(H,16,17). The summed E-state index contributed by atoms with van der Waals surface area (Å²) in [6, 6.07) is 3.19. The lowest BCUT2D eigenvalue weighted by atomic mass is 10.1. The van der Waals surface area contributed by atoms with Crippen molar-refractivity contribution in [1.82, 2.24) is 0 Å². The summed E-state index contributed by atoms with van der Waals surface area (Å²) >= 11 is 0. The number of carbonyl (C=O) groups is 2. The van der Waals surface area contributed by atoms with Crippen LogP contribution in [0.2, 0.25) is 0 Å². The normalized spacial score (nSPS) is 11.8. The molecule has 0 aromatic heterocycles. The molecular weight excluding hydrogens is 251 g/mol. The number of nitrogens with one attached hydrogen (secondary N) is 1. The molecule has 0 bridgehead atoms. The fraction of sp³-hybridized carbons (Fsp3) is 0.385. The molecule has 1 atom stereocenters. The molecule has 1 aromatic carbocycles. The second kappa shape index (κ2) is 6.84. The van der Waals surface area contributed by atoms with Crippen LogP contribution in [0.4, 0.5) is 10.1 Å². The molecule has 0 saturated carbocycles. The van der Waals surface area contributed by atoms with Crippen molar-refractivity contribution in [3.8, 4) is 0 Å². The van der Waals surface area contributed by atoms with Crippen LogP contribution in [-0.2, 0) is 9.53 Å². The number of rotatable bonds is 5. The number of esters is 1. The van der Waals surface area contributed by atoms with Crippen molar-refractivity contribution >= 4 is 17.6 Å². The summed E-state index contributed by atoms with van der Waals surface area (Å²) in [4.78, 5) is 23.2. The van der Waals surface area contributed by atoms with E-state index in [1.165, 1.54) is 13.2 Å². The lowest BCUT2D eigenvalue weighted by Crippen LogP contribution is -2.26. The van der Waals surface area contributed by atoms with Crippen molar-refractivity contribution in [3.63, 3.8) is 0 Å². The van der Waals surface area contributed by atoms with Crippen LogP contribution in [0.5, 0.6) is 0 Å². The van der Waals surface area contributed by atoms with Crippen molar-refractivity contribution in [2.24, 2.45) is 5.73 Å². The SMILES string of the molecule is CCC(N)CC(=O)Nc1cc(F)ccc1C(=O)OC. The zero-order valence-electron chi connectivity index (χ0n) is 10.9. The van der Waals surface area contributed by atoms with E-state index in [1.807, 2.05) is 6.92 Å². The first-order valence-corrected chi connectivity index (χ1v) is 5.91. The van der Waals surface area contributed by atoms with E-state index in [-0.39, 0.29) is 29.6 Å². The number of ether oxygens (including phenoxy) is 1. The minimum Gasteiger partial charge on any atom is -0.465 e. The van der Waals surface area contributed by atoms with Crippen LogP contribution in [0.3, 0.4) is 0 Å². The number of hydrogen-bond acceptors (Lipinski definition) is 4. The predicted octanol–water partition coefficient (Wildman–Crippen LogP) is 1.68. The van der Waals surface area contributed by atoms with Gasteiger partial charge >= 0.3 is 5.97 Å². The molecule has 0 spiro atoms. The first-order chi connectivity index (χ1) is 8.97. The molecule has 5 nitrogen and oxygen atoms in total. The summed E-state index contributed by atoms with van der Waals surface area (Å²) in [7, 11) is 1.21. The summed E-state index contributed by atoms with van der Waals surface area (Å²) in [6.07, 6.45) is 0.758. The molecular formula is C13H17FN2O3. The highest BCUT2D eigenvalue weighted by molar-refractivity contribution is 6.01. The van der Waals surface area contributed by atoms with Gasteiger partial charge in [-0.05, 0) is 24.6 Å². The second-order valence-corrected chi connectivity index (χ2v) is 4.10. The van der Waals surface area contributed by atoms with Gasteiger partial charge in [0.15, 0.2) is 0 Å². The molecule has 0 heterocycles. The van der Waals surface area contributed by atoms with E-state index >= 15 is 0 Å². The van der Waals surface area contributed by atoms with Crippen molar-refractivity contribution in [2.75, 3.05) is 12.4 Å². The highest BCUT2D eigenvalue weighted by Crippen LogP contribution is 2.18. The molecule has 1 rings (SSSR count). The summed E-state index contributed by atoms with van der Waals surface area (Å²) in [5.41, 5.74) is 5.84. The van der Waals surface area contributed by atoms with Gasteiger partial charge in [0, 0.05) is 12.5 Å². The number of halogens is 1. The van der Waals surface area contributed by atoms with Gasteiger partial charge in [-0.25, -0.2) is 9.18 Å². The zero-order valence-corrected chi connectivity index (χ0v) is 10.9. The summed E-state index contributed by atoms with van der Waals surface area (Å²) < 4.78 is 17.7. The Morgan fingerprint density at radius 3 is 2.74 bits per heavy atom. The van der Waals surface area contributed by atoms with E-state index in [2.05, 4.69) is 10.1 Å². The fourth-order valence-corrected chi connectivity index (χ4v) is 1.49. The number of nitrogens with two attached hydrogens (primary N) is 1. The number of amides is 1. The molecule has 0 radical (unpaired) electrons. The Hall–Kier alpha value is -1.95. The van der Waals surface area contributed by atoms with Gasteiger partial charge < -0.3 is 15.8 Å². The molecule has 19 heavy (non-hydrogen) atoms. The highest BCUT2D eigenvalue weighted by Gasteiger charge is 2.15. The van der Waals surface area contributed by atoms with E-state index in [0.717, 1.165) is 12.1 Å². The number of carbonyl (C=O) groups excluding carboxylic acids is 2. The molecule has 0 fully saturated rings. The third kappa shape index (κ3) is 4.33. The fourth-order valence-electron chi connectivity index (χ4n) is 1.49. The van der Waals surface area contributed by atoms with Gasteiger partial charge in [-0.1, -0.05) is 6.92 Å². The Balaban J connectivity index is 2.89. The maximum Gasteiger partial charge on any atom is 0.339 e. The van der Waals surface area contributed by atoms with Crippen molar-refractivity contribution in [1.29, 1.82) is 0 Å². The Kier molecular flexibility index (Phi) is 5.44. The van der Waals surface area contributed by atoms with Gasteiger partial charge in [-0.15, -0.1) is 0 Å². The first kappa shape index (κ1) is 15.1. The average molecular weight is 268 g/mol. The molecule has 3 N–H and O–H groups in total. The van der Waals surface area contributed by atoms with Gasteiger partial charge in [-0.2, -0.15) is 0 Å². The smallest absolute Gasteiger partial charge is 0.339 e. The van der Waals surface area contributed by atoms with Crippen molar-refractivity contribution in [2.45, 2.75) is 25.8 Å². The average Bonchev–Trinajstić information content (AvgIpc) is 2.37. The van der Waals surface area contributed by atoms with Gasteiger partial charge in [0.1, 0.15) is 5.82 Å². The summed E-state index contributed by atoms with van der Waals surface area (Å²) in [5.74, 6) is -1.57. The van der Waals surface area contributed by atoms with Gasteiger partial charge in [0.2, 0.25) is 5.91 Å². The molecule has 0 aliphatic carbocycles. The topological polar surface area (TPSA) is 81.4 Å². The maximum atomic E-state index is 13.2. The van der Waals surface area contributed by atoms with Gasteiger partial charge in [-0.3, -0.25) is 4.79 Å². The van der Waals surface area contributed by atoms with Gasteiger partial charge in [0.25, 0.3) is 0 Å². The lowest BCUT2D eigenvalue weighted by molar-refractivity contribution is -0.116. The van der Waals surface area contributed by atoms with Crippen LogP contribution in [0, 0.1) is 5.82 Å². The second-order valence-electron chi connectivity index (χ2n) is 4.10. The van der Waals surface area contributed by atoms with Gasteiger partial charge in [0.05, 0.1) is 18.4 Å². The molecule has 0 aliphatic rings. The summed E-state index contributed by atoms with van der Waals surface area (Å²) in [5, 5.41) is 2.47. The minimum absolute atomic E-state index is 0.0835. The van der Waals surface area contributed by atoms with E-state index in [9.17, 15) is 14.0 Å². The van der Waals surface area contributed by atoms with E-state index in [1.54, 1.807) is 0 Å². The number of hydrogen-bond donors (Lipinski definition) is 2. The molecule has 104 valence electrons. The monoisotopic (exact) mass is 268 g/mol. The van der Waals surface area contributed by atoms with Crippen LogP contribution in [-0.4, -0.2) is 25.0 Å². The summed E-state index contributed by atoms with van der Waals surface area (Å²) in [6.45, 7) is 1.86. The van der Waals surface area contributed by atoms with Crippen LogP contribution < -0.4 is 11.1 Å². The van der Waals surface area contributed by atoms with Crippen LogP contribution >= 0.6 is 0 Å². The molecule has 1 aromatic rings. The minimum atomic E-state index is -0.643. The van der Waals surface area contributed by atoms with Crippen molar-refractivity contribution in [3.05, 3.63) is 29.6 Å². The molecule has 1 amide bonds. The van der Waals surface area contributed by atoms with E-state index < -0.39 is 11.8 Å². The maximum absolute atomic E-state index is 13.2. The van der Waals surface area contributed by atoms with E-state index in [0.29, 0.717) is 6.42 Å². The predicted molar refractivity (Wildman–Crippen MR) is 69.3 cm³/mol. The van der Waals surface area contributed by atoms with Crippen molar-refractivity contribution < 1.29 is 18.7 Å². The van der Waals surface area contributed by atoms with Crippen LogP contribution in [0.1, 0.15) is 30.1 Å². The molecule has 6 heteroatoms. The largest absolute Gasteiger partial charge is 0.465 e. The number of benzene rings is 1. The molecule has 0 saturated heterocycles.